The van der Waals surface area contributed by atoms with E-state index in [1.807, 2.05) is 24.0 Å². The van der Waals surface area contributed by atoms with E-state index in [4.69, 9.17) is 11.6 Å². The van der Waals surface area contributed by atoms with Crippen molar-refractivity contribution < 1.29 is 9.18 Å². The molecule has 1 amide bonds. The Morgan fingerprint density at radius 2 is 1.82 bits per heavy atom. The Morgan fingerprint density at radius 1 is 1.11 bits per heavy atom. The summed E-state index contributed by atoms with van der Waals surface area (Å²) >= 11 is 6.25. The van der Waals surface area contributed by atoms with Crippen LogP contribution in [-0.2, 0) is 10.2 Å². The van der Waals surface area contributed by atoms with Gasteiger partial charge in [-0.05, 0) is 102 Å². The summed E-state index contributed by atoms with van der Waals surface area (Å²) in [6.07, 6.45) is 9.29. The molecular formula is C33H46ClFN2O. The Bertz CT molecular complexity index is 1140. The molecule has 208 valence electrons. The van der Waals surface area contributed by atoms with Gasteiger partial charge >= 0.3 is 0 Å². The van der Waals surface area contributed by atoms with Crippen LogP contribution in [0.3, 0.4) is 0 Å². The maximum absolute atomic E-state index is 14.3. The van der Waals surface area contributed by atoms with Crippen molar-refractivity contribution in [2.45, 2.75) is 92.4 Å². The lowest BCUT2D eigenvalue weighted by atomic mass is 9.67. The number of carbonyl (C=O) groups is 1. The van der Waals surface area contributed by atoms with Crippen molar-refractivity contribution >= 4 is 23.2 Å². The van der Waals surface area contributed by atoms with Gasteiger partial charge in [0.05, 0.1) is 18.6 Å². The number of nitrogens with zero attached hydrogens (tertiary/aromatic N) is 2. The van der Waals surface area contributed by atoms with Gasteiger partial charge in [0.15, 0.2) is 0 Å². The number of amides is 1. The topological polar surface area (TPSA) is 23.6 Å². The predicted molar refractivity (Wildman–Crippen MR) is 160 cm³/mol. The molecule has 2 unspecified atom stereocenters. The maximum Gasteiger partial charge on any atom is 0.238 e. The van der Waals surface area contributed by atoms with Crippen molar-refractivity contribution in [3.63, 3.8) is 0 Å². The van der Waals surface area contributed by atoms with Gasteiger partial charge in [0.1, 0.15) is 0 Å². The van der Waals surface area contributed by atoms with Crippen LogP contribution in [0.1, 0.15) is 92.6 Å². The SMILES string of the molecule is CC(C)=C(C)/C(=C\C=C(/C)Cl)N(CCCCF)C(CN1C(=O)C2(CCCC(C)C2)c2ccccc21)=C(C)C. The van der Waals surface area contributed by atoms with Crippen molar-refractivity contribution in [2.24, 2.45) is 5.92 Å². The number of alkyl halides is 1. The lowest BCUT2D eigenvalue weighted by Crippen LogP contribution is -2.45. The lowest BCUT2D eigenvalue weighted by molar-refractivity contribution is -0.124. The molecule has 1 fully saturated rings. The molecule has 0 saturated heterocycles. The maximum atomic E-state index is 14.3. The summed E-state index contributed by atoms with van der Waals surface area (Å²) in [4.78, 5) is 18.7. The number of unbranched alkanes of at least 4 members (excludes halogenated alkanes) is 1. The molecule has 1 spiro atoms. The molecule has 1 heterocycles. The Hall–Kier alpha value is -2.33. The van der Waals surface area contributed by atoms with Crippen LogP contribution in [0.2, 0.25) is 0 Å². The number of para-hydroxylation sites is 1. The average Bonchev–Trinajstić information content (AvgIpc) is 3.08. The molecule has 3 rings (SSSR count). The second kappa shape index (κ2) is 13.2. The van der Waals surface area contributed by atoms with Crippen molar-refractivity contribution in [1.29, 1.82) is 0 Å². The van der Waals surface area contributed by atoms with E-state index in [1.165, 1.54) is 17.6 Å². The van der Waals surface area contributed by atoms with Gasteiger partial charge in [0.2, 0.25) is 5.91 Å². The smallest absolute Gasteiger partial charge is 0.238 e. The zero-order chi connectivity index (χ0) is 28.0. The van der Waals surface area contributed by atoms with Crippen LogP contribution in [0.25, 0.3) is 0 Å². The molecule has 1 saturated carbocycles. The van der Waals surface area contributed by atoms with Gasteiger partial charge in [-0.1, -0.05) is 60.7 Å². The highest BCUT2D eigenvalue weighted by molar-refractivity contribution is 6.29. The first-order chi connectivity index (χ1) is 18.0. The second-order valence-corrected chi connectivity index (χ2v) is 12.2. The molecule has 38 heavy (non-hydrogen) atoms. The molecule has 1 aliphatic carbocycles. The number of rotatable bonds is 10. The molecule has 5 heteroatoms. The first kappa shape index (κ1) is 30.2. The van der Waals surface area contributed by atoms with Gasteiger partial charge in [-0.3, -0.25) is 9.18 Å². The van der Waals surface area contributed by atoms with Crippen molar-refractivity contribution in [2.75, 3.05) is 24.7 Å². The zero-order valence-corrected chi connectivity index (χ0v) is 25.2. The van der Waals surface area contributed by atoms with Gasteiger partial charge in [-0.25, -0.2) is 0 Å². The van der Waals surface area contributed by atoms with Crippen molar-refractivity contribution in [1.82, 2.24) is 4.90 Å². The van der Waals surface area contributed by atoms with Crippen LogP contribution >= 0.6 is 11.6 Å². The summed E-state index contributed by atoms with van der Waals surface area (Å²) in [5, 5.41) is 0.698. The monoisotopic (exact) mass is 540 g/mol. The standard InChI is InChI=1S/C33H46ClFN2O/c1-23(2)27(7)29(17-16-26(6)34)36(20-11-10-19-35)31(24(3)4)22-37-30-15-9-8-14-28(30)33(32(37)38)18-12-13-25(5)21-33/h8-9,14-17,25H,10-13,18-22H2,1-7H3/b26-16+,29-17+. The third-order valence-electron chi connectivity index (χ3n) is 8.23. The van der Waals surface area contributed by atoms with E-state index < -0.39 is 5.41 Å². The number of benzene rings is 1. The minimum atomic E-state index is -0.424. The Balaban J connectivity index is 2.11. The number of carbonyl (C=O) groups excluding carboxylic acids is 1. The molecule has 2 atom stereocenters. The minimum absolute atomic E-state index is 0.230. The molecule has 3 nitrogen and oxygen atoms in total. The van der Waals surface area contributed by atoms with Gasteiger partial charge in [0, 0.05) is 28.7 Å². The lowest BCUT2D eigenvalue weighted by Gasteiger charge is -2.37. The normalized spacial score (nSPS) is 21.6. The molecule has 1 aromatic carbocycles. The van der Waals surface area contributed by atoms with E-state index in [9.17, 15) is 9.18 Å². The highest BCUT2D eigenvalue weighted by atomic mass is 35.5. The number of anilines is 1. The van der Waals surface area contributed by atoms with Gasteiger partial charge in [0.25, 0.3) is 0 Å². The third-order valence-corrected chi connectivity index (χ3v) is 8.36. The largest absolute Gasteiger partial charge is 0.343 e. The van der Waals surface area contributed by atoms with Crippen molar-refractivity contribution in [3.05, 3.63) is 75.1 Å². The van der Waals surface area contributed by atoms with Crippen LogP contribution < -0.4 is 4.90 Å². The van der Waals surface area contributed by atoms with E-state index in [1.54, 1.807) is 0 Å². The summed E-state index contributed by atoms with van der Waals surface area (Å²) in [6.45, 7) is 15.5. The van der Waals surface area contributed by atoms with Gasteiger partial charge in [-0.15, -0.1) is 0 Å². The summed E-state index contributed by atoms with van der Waals surface area (Å²) in [5.74, 6) is 0.759. The zero-order valence-electron chi connectivity index (χ0n) is 24.5. The van der Waals surface area contributed by atoms with Crippen molar-refractivity contribution in [3.8, 4) is 0 Å². The molecule has 0 radical (unpaired) electrons. The molecule has 1 aromatic rings. The number of hydrogen-bond donors (Lipinski definition) is 0. The van der Waals surface area contributed by atoms with E-state index >= 15 is 0 Å². The second-order valence-electron chi connectivity index (χ2n) is 11.6. The number of halogens is 2. The molecule has 2 aliphatic rings. The molecule has 0 N–H and O–H groups in total. The van der Waals surface area contributed by atoms with Gasteiger partial charge in [-0.2, -0.15) is 0 Å². The van der Waals surface area contributed by atoms with Crippen LogP contribution in [0.4, 0.5) is 10.1 Å². The van der Waals surface area contributed by atoms with Gasteiger partial charge < -0.3 is 9.80 Å². The molecule has 1 aliphatic heterocycles. The van der Waals surface area contributed by atoms with E-state index in [0.717, 1.165) is 53.9 Å². The van der Waals surface area contributed by atoms with Crippen LogP contribution in [0, 0.1) is 5.92 Å². The molecular weight excluding hydrogens is 495 g/mol. The first-order valence-corrected chi connectivity index (χ1v) is 14.5. The summed E-state index contributed by atoms with van der Waals surface area (Å²) in [6, 6.07) is 8.38. The highest BCUT2D eigenvalue weighted by Crippen LogP contribution is 2.51. The first-order valence-electron chi connectivity index (χ1n) is 14.1. The average molecular weight is 541 g/mol. The quantitative estimate of drug-likeness (QED) is 0.218. The number of allylic oxidation sites excluding steroid dienone is 6. The van der Waals surface area contributed by atoms with Crippen LogP contribution in [0.5, 0.6) is 0 Å². The van der Waals surface area contributed by atoms with E-state index in [-0.39, 0.29) is 12.6 Å². The Labute approximate surface area is 235 Å². The highest BCUT2D eigenvalue weighted by Gasteiger charge is 2.52. The van der Waals surface area contributed by atoms with Crippen LogP contribution in [0.15, 0.2) is 69.6 Å². The summed E-state index contributed by atoms with van der Waals surface area (Å²) in [5.41, 5.74) is 7.43. The molecule has 0 aromatic heterocycles. The minimum Gasteiger partial charge on any atom is -0.343 e. The summed E-state index contributed by atoms with van der Waals surface area (Å²) < 4.78 is 13.2. The Morgan fingerprint density at radius 3 is 2.42 bits per heavy atom. The number of hydrogen-bond acceptors (Lipinski definition) is 2. The predicted octanol–water partition coefficient (Wildman–Crippen LogP) is 9.21. The fourth-order valence-electron chi connectivity index (χ4n) is 6.04. The summed E-state index contributed by atoms with van der Waals surface area (Å²) in [7, 11) is 0. The van der Waals surface area contributed by atoms with E-state index in [0.29, 0.717) is 30.5 Å². The third kappa shape index (κ3) is 6.45. The van der Waals surface area contributed by atoms with E-state index in [2.05, 4.69) is 70.7 Å². The fraction of sp³-hybridized carbons (Fsp3) is 0.545. The molecule has 0 bridgehead atoms. The van der Waals surface area contributed by atoms with Crippen LogP contribution in [-0.4, -0.2) is 30.6 Å². The Kier molecular flexibility index (Phi) is 10.5. The fourth-order valence-corrected chi connectivity index (χ4v) is 6.10. The number of fused-ring (bicyclic) bond motifs is 2.